The van der Waals surface area contributed by atoms with Crippen LogP contribution >= 0.6 is 11.3 Å². The normalized spacial score (nSPS) is 19.6. The average molecular weight is 652 g/mol. The van der Waals surface area contributed by atoms with E-state index in [2.05, 4.69) is 15.0 Å². The molecule has 1 N–H and O–H groups in total. The van der Waals surface area contributed by atoms with E-state index in [1.807, 2.05) is 71.6 Å². The molecule has 242 valence electrons. The van der Waals surface area contributed by atoms with Gasteiger partial charge in [-0.3, -0.25) is 23.9 Å². The summed E-state index contributed by atoms with van der Waals surface area (Å²) < 4.78 is 3.27. The van der Waals surface area contributed by atoms with Crippen LogP contribution in [0.2, 0.25) is 0 Å². The Hall–Kier alpha value is -4.68. The van der Waals surface area contributed by atoms with Gasteiger partial charge in [-0.25, -0.2) is 9.97 Å². The maximum Gasteiger partial charge on any atom is 0.282 e. The Morgan fingerprint density at radius 3 is 2.55 bits per heavy atom. The van der Waals surface area contributed by atoms with Gasteiger partial charge in [-0.2, -0.15) is 0 Å². The van der Waals surface area contributed by atoms with E-state index in [-0.39, 0.29) is 35.8 Å². The molecule has 2 fully saturated rings. The van der Waals surface area contributed by atoms with Crippen LogP contribution in [0, 0.1) is 12.8 Å². The molecular formula is C35H37N7O4S. The quantitative estimate of drug-likeness (QED) is 0.296. The zero-order chi connectivity index (χ0) is 32.7. The number of carbonyl (C=O) groups is 2. The molecule has 0 radical (unpaired) electrons. The fraction of sp³-hybridized carbons (Fsp3) is 0.371. The highest BCUT2D eigenvalue weighted by Crippen LogP contribution is 2.36. The Morgan fingerprint density at radius 2 is 1.81 bits per heavy atom. The molecule has 0 unspecified atom stereocenters. The zero-order valence-corrected chi connectivity index (χ0v) is 27.3. The van der Waals surface area contributed by atoms with Gasteiger partial charge in [-0.05, 0) is 49.9 Å². The van der Waals surface area contributed by atoms with Crippen molar-refractivity contribution in [3.05, 3.63) is 99.3 Å². The molecule has 0 bridgehead atoms. The predicted molar refractivity (Wildman–Crippen MR) is 179 cm³/mol. The third-order valence-electron chi connectivity index (χ3n) is 9.66. The lowest BCUT2D eigenvalue weighted by Gasteiger charge is -2.43. The van der Waals surface area contributed by atoms with Crippen LogP contribution in [0.3, 0.4) is 0 Å². The fourth-order valence-electron chi connectivity index (χ4n) is 6.88. The third kappa shape index (κ3) is 6.10. The third-order valence-corrected chi connectivity index (χ3v) is 10.5. The van der Waals surface area contributed by atoms with Gasteiger partial charge in [0.25, 0.3) is 11.5 Å². The average Bonchev–Trinajstić information content (AvgIpc) is 3.74. The molecule has 2 amide bonds. The monoisotopic (exact) mass is 651 g/mol. The number of aryl methyl sites for hydroxylation is 2. The number of hydrogen-bond acceptors (Lipinski definition) is 8. The number of thiazole rings is 1. The van der Waals surface area contributed by atoms with E-state index in [0.717, 1.165) is 22.5 Å². The van der Waals surface area contributed by atoms with E-state index in [1.165, 1.54) is 22.2 Å². The van der Waals surface area contributed by atoms with Crippen molar-refractivity contribution in [3.8, 4) is 11.3 Å². The van der Waals surface area contributed by atoms with Crippen molar-refractivity contribution in [1.82, 2.24) is 33.9 Å². The number of rotatable bonds is 6. The van der Waals surface area contributed by atoms with Gasteiger partial charge in [0.15, 0.2) is 5.01 Å². The van der Waals surface area contributed by atoms with Gasteiger partial charge in [0.2, 0.25) is 5.91 Å². The van der Waals surface area contributed by atoms with Crippen LogP contribution < -0.4 is 5.56 Å². The predicted octanol–water partition coefficient (Wildman–Crippen LogP) is 3.86. The molecular weight excluding hydrogens is 614 g/mol. The van der Waals surface area contributed by atoms with Crippen molar-refractivity contribution in [1.29, 1.82) is 0 Å². The summed E-state index contributed by atoms with van der Waals surface area (Å²) in [5, 5.41) is 14.3. The van der Waals surface area contributed by atoms with Gasteiger partial charge >= 0.3 is 0 Å². The summed E-state index contributed by atoms with van der Waals surface area (Å²) in [6.45, 7) is 3.70. The molecule has 5 aromatic rings. The number of piperidine rings is 2. The Bertz CT molecular complexity index is 1980. The number of hydrogen-bond donors (Lipinski definition) is 1. The summed E-state index contributed by atoms with van der Waals surface area (Å²) >= 11 is 1.32. The highest BCUT2D eigenvalue weighted by atomic mass is 32.1. The smallest absolute Gasteiger partial charge is 0.282 e. The summed E-state index contributed by atoms with van der Waals surface area (Å²) in [5.74, 6) is -0.564. The molecule has 0 spiro atoms. The van der Waals surface area contributed by atoms with Crippen molar-refractivity contribution in [2.45, 2.75) is 44.2 Å². The summed E-state index contributed by atoms with van der Waals surface area (Å²) in [5.41, 5.74) is 2.83. The lowest BCUT2D eigenvalue weighted by atomic mass is 9.79. The second kappa shape index (κ2) is 12.5. The molecule has 2 aliphatic rings. The number of likely N-dealkylation sites (tertiary alicyclic amines) is 2. The zero-order valence-electron chi connectivity index (χ0n) is 26.5. The van der Waals surface area contributed by atoms with Gasteiger partial charge in [0.1, 0.15) is 12.0 Å². The van der Waals surface area contributed by atoms with E-state index >= 15 is 0 Å². The molecule has 1 aromatic carbocycles. The number of benzene rings is 1. The topological polar surface area (TPSA) is 126 Å². The highest BCUT2D eigenvalue weighted by Gasteiger charge is 2.42. The molecule has 0 saturated carbocycles. The largest absolute Gasteiger partial charge is 0.388 e. The SMILES string of the molecule is Cc1ccc(-c2csc(C(=O)N3CC[C@@H](C(=O)N4CCC(O)(Cn5cnc6c(ccn6C)c5=O)CC4)[C@H](c4ccccc4)C3)n2)cn1. The molecule has 12 heteroatoms. The van der Waals surface area contributed by atoms with Crippen molar-refractivity contribution in [2.75, 3.05) is 26.2 Å². The van der Waals surface area contributed by atoms with Crippen LogP contribution in [0.5, 0.6) is 0 Å². The number of nitrogens with zero attached hydrogens (tertiary/aromatic N) is 7. The number of pyridine rings is 1. The van der Waals surface area contributed by atoms with Crippen molar-refractivity contribution in [2.24, 2.45) is 13.0 Å². The first kappa shape index (κ1) is 30.9. The van der Waals surface area contributed by atoms with E-state index in [0.29, 0.717) is 61.5 Å². The molecule has 4 aromatic heterocycles. The lowest BCUT2D eigenvalue weighted by Crippen LogP contribution is -2.53. The summed E-state index contributed by atoms with van der Waals surface area (Å²) in [4.78, 5) is 57.9. The number of amides is 2. The second-order valence-electron chi connectivity index (χ2n) is 12.8. The van der Waals surface area contributed by atoms with Gasteiger partial charge in [0, 0.05) is 74.1 Å². The minimum atomic E-state index is -1.12. The van der Waals surface area contributed by atoms with Crippen molar-refractivity contribution >= 4 is 34.2 Å². The van der Waals surface area contributed by atoms with E-state index in [9.17, 15) is 19.5 Å². The maximum absolute atomic E-state index is 14.1. The Kier molecular flexibility index (Phi) is 8.23. The number of carbonyl (C=O) groups excluding carboxylic acids is 2. The van der Waals surface area contributed by atoms with E-state index < -0.39 is 5.60 Å². The number of fused-ring (bicyclic) bond motifs is 1. The summed E-state index contributed by atoms with van der Waals surface area (Å²) in [6, 6.07) is 15.5. The molecule has 2 saturated heterocycles. The van der Waals surface area contributed by atoms with Crippen molar-refractivity contribution in [3.63, 3.8) is 0 Å². The van der Waals surface area contributed by atoms with Crippen LogP contribution in [-0.4, -0.2) is 82.6 Å². The van der Waals surface area contributed by atoms with Crippen LogP contribution in [0.1, 0.15) is 46.2 Å². The molecule has 7 rings (SSSR count). The maximum atomic E-state index is 14.1. The first-order chi connectivity index (χ1) is 22.7. The summed E-state index contributed by atoms with van der Waals surface area (Å²) in [7, 11) is 1.84. The molecule has 11 nitrogen and oxygen atoms in total. The van der Waals surface area contributed by atoms with Crippen LogP contribution in [-0.2, 0) is 18.4 Å². The second-order valence-corrected chi connectivity index (χ2v) is 13.6. The number of aromatic nitrogens is 5. The van der Waals surface area contributed by atoms with E-state index in [4.69, 9.17) is 0 Å². The Balaban J connectivity index is 1.04. The molecule has 2 aliphatic heterocycles. The first-order valence-corrected chi connectivity index (χ1v) is 16.8. The first-order valence-electron chi connectivity index (χ1n) is 15.9. The van der Waals surface area contributed by atoms with Crippen LogP contribution in [0.25, 0.3) is 22.3 Å². The highest BCUT2D eigenvalue weighted by molar-refractivity contribution is 7.12. The molecule has 2 atom stereocenters. The number of aliphatic hydroxyl groups is 1. The Labute approximate surface area is 276 Å². The fourth-order valence-corrected chi connectivity index (χ4v) is 7.67. The minimum Gasteiger partial charge on any atom is -0.388 e. The standard InChI is InChI=1S/C35H37N7O4S/c1-23-8-9-25(18-36-23)29-20-47-31(38-29)34(45)41-15-11-26(28(19-41)24-6-4-3-5-7-24)32(43)40-16-12-35(46,13-17-40)21-42-22-37-30-27(33(42)44)10-14-39(30)2/h3-10,14,18,20,22,26,28,46H,11-13,15-17,19,21H2,1-2H3/t26-,28+/m1/s1. The van der Waals surface area contributed by atoms with Gasteiger partial charge in [0.05, 0.1) is 23.2 Å². The van der Waals surface area contributed by atoms with Gasteiger partial charge in [-0.1, -0.05) is 30.3 Å². The van der Waals surface area contributed by atoms with E-state index in [1.54, 1.807) is 23.0 Å². The van der Waals surface area contributed by atoms with Gasteiger partial charge in [-0.15, -0.1) is 11.3 Å². The molecule has 6 heterocycles. The summed E-state index contributed by atoms with van der Waals surface area (Å²) in [6.07, 6.45) is 6.30. The molecule has 47 heavy (non-hydrogen) atoms. The van der Waals surface area contributed by atoms with Crippen molar-refractivity contribution < 1.29 is 14.7 Å². The Morgan fingerprint density at radius 1 is 1.02 bits per heavy atom. The lowest BCUT2D eigenvalue weighted by molar-refractivity contribution is -0.142. The minimum absolute atomic E-state index is 0.0425. The molecule has 0 aliphatic carbocycles. The van der Waals surface area contributed by atoms with Gasteiger partial charge < -0.3 is 19.5 Å². The van der Waals surface area contributed by atoms with Crippen LogP contribution in [0.15, 0.2) is 77.4 Å². The van der Waals surface area contributed by atoms with Crippen LogP contribution in [0.4, 0.5) is 0 Å².